The van der Waals surface area contributed by atoms with Gasteiger partial charge in [0.2, 0.25) is 0 Å². The van der Waals surface area contributed by atoms with E-state index in [1.54, 1.807) is 0 Å². The summed E-state index contributed by atoms with van der Waals surface area (Å²) < 4.78 is 1.38. The van der Waals surface area contributed by atoms with Crippen molar-refractivity contribution in [3.63, 3.8) is 0 Å². The van der Waals surface area contributed by atoms with Crippen molar-refractivity contribution in [2.24, 2.45) is 5.73 Å². The average molecular weight is 260 g/mol. The lowest BCUT2D eigenvalue weighted by Crippen LogP contribution is -2.28. The van der Waals surface area contributed by atoms with Gasteiger partial charge < -0.3 is 5.73 Å². The first kappa shape index (κ1) is 12.2. The SMILES string of the molecule is NCc1ccc2cc(CN3CCCCC3)sc2c1. The molecule has 1 aliphatic heterocycles. The van der Waals surface area contributed by atoms with Crippen molar-refractivity contribution in [1.29, 1.82) is 0 Å². The van der Waals surface area contributed by atoms with Gasteiger partial charge in [-0.05, 0) is 49.0 Å². The Labute approximate surface area is 112 Å². The van der Waals surface area contributed by atoms with Gasteiger partial charge in [0.05, 0.1) is 0 Å². The maximum Gasteiger partial charge on any atom is 0.0349 e. The van der Waals surface area contributed by atoms with Gasteiger partial charge in [0.25, 0.3) is 0 Å². The van der Waals surface area contributed by atoms with Crippen molar-refractivity contribution in [3.8, 4) is 0 Å². The number of hydrogen-bond acceptors (Lipinski definition) is 3. The standard InChI is InChI=1S/C15H20N2S/c16-10-12-4-5-13-9-14(18-15(13)8-12)11-17-6-2-1-3-7-17/h4-5,8-9H,1-3,6-7,10-11,16H2. The smallest absolute Gasteiger partial charge is 0.0349 e. The summed E-state index contributed by atoms with van der Waals surface area (Å²) in [6.07, 6.45) is 4.13. The first-order valence-electron chi connectivity index (χ1n) is 6.79. The summed E-state index contributed by atoms with van der Waals surface area (Å²) in [7, 11) is 0. The molecule has 0 radical (unpaired) electrons. The van der Waals surface area contributed by atoms with Crippen LogP contribution in [0.2, 0.25) is 0 Å². The van der Waals surface area contributed by atoms with Gasteiger partial charge in [-0.2, -0.15) is 0 Å². The molecule has 2 N–H and O–H groups in total. The molecule has 96 valence electrons. The molecule has 2 aromatic rings. The van der Waals surface area contributed by atoms with Crippen molar-refractivity contribution >= 4 is 21.4 Å². The van der Waals surface area contributed by atoms with E-state index in [2.05, 4.69) is 29.2 Å². The van der Waals surface area contributed by atoms with E-state index >= 15 is 0 Å². The van der Waals surface area contributed by atoms with Crippen LogP contribution in [0.25, 0.3) is 10.1 Å². The summed E-state index contributed by atoms with van der Waals surface area (Å²) in [5.74, 6) is 0. The summed E-state index contributed by atoms with van der Waals surface area (Å²) in [4.78, 5) is 4.07. The van der Waals surface area contributed by atoms with E-state index in [1.807, 2.05) is 11.3 Å². The van der Waals surface area contributed by atoms with Crippen LogP contribution in [-0.2, 0) is 13.1 Å². The second kappa shape index (κ2) is 5.39. The number of hydrogen-bond donors (Lipinski definition) is 1. The molecule has 1 aromatic heterocycles. The first-order chi connectivity index (χ1) is 8.85. The van der Waals surface area contributed by atoms with Crippen LogP contribution >= 0.6 is 11.3 Å². The summed E-state index contributed by atoms with van der Waals surface area (Å²) in [5, 5.41) is 1.37. The first-order valence-corrected chi connectivity index (χ1v) is 7.60. The molecule has 18 heavy (non-hydrogen) atoms. The summed E-state index contributed by atoms with van der Waals surface area (Å²) in [5.41, 5.74) is 6.92. The van der Waals surface area contributed by atoms with Crippen molar-refractivity contribution in [3.05, 3.63) is 34.7 Å². The Morgan fingerprint density at radius 3 is 2.72 bits per heavy atom. The van der Waals surface area contributed by atoms with Gasteiger partial charge in [-0.1, -0.05) is 18.6 Å². The molecule has 2 nitrogen and oxygen atoms in total. The predicted molar refractivity (Wildman–Crippen MR) is 78.8 cm³/mol. The largest absolute Gasteiger partial charge is 0.326 e. The van der Waals surface area contributed by atoms with Gasteiger partial charge in [0, 0.05) is 22.7 Å². The third-order valence-corrected chi connectivity index (χ3v) is 4.78. The van der Waals surface area contributed by atoms with E-state index in [0.717, 1.165) is 6.54 Å². The molecule has 0 bridgehead atoms. The van der Waals surface area contributed by atoms with Crippen LogP contribution in [0, 0.1) is 0 Å². The van der Waals surface area contributed by atoms with Gasteiger partial charge in [-0.25, -0.2) is 0 Å². The lowest BCUT2D eigenvalue weighted by atomic mass is 10.1. The molecule has 0 unspecified atom stereocenters. The lowest BCUT2D eigenvalue weighted by Gasteiger charge is -2.25. The molecule has 1 aliphatic rings. The highest BCUT2D eigenvalue weighted by Gasteiger charge is 2.12. The highest BCUT2D eigenvalue weighted by Crippen LogP contribution is 2.28. The molecule has 0 atom stereocenters. The molecule has 3 rings (SSSR count). The minimum absolute atomic E-state index is 0.634. The van der Waals surface area contributed by atoms with Crippen LogP contribution in [-0.4, -0.2) is 18.0 Å². The fourth-order valence-corrected chi connectivity index (χ4v) is 3.84. The number of likely N-dealkylation sites (tertiary alicyclic amines) is 1. The Balaban J connectivity index is 1.79. The summed E-state index contributed by atoms with van der Waals surface area (Å²) in [6, 6.07) is 8.92. The van der Waals surface area contributed by atoms with Crippen LogP contribution in [0.15, 0.2) is 24.3 Å². The third-order valence-electron chi connectivity index (χ3n) is 3.70. The van der Waals surface area contributed by atoms with Crippen molar-refractivity contribution in [2.45, 2.75) is 32.4 Å². The molecule has 1 fully saturated rings. The Bertz CT molecular complexity index is 526. The van der Waals surface area contributed by atoms with E-state index < -0.39 is 0 Å². The zero-order valence-corrected chi connectivity index (χ0v) is 11.5. The zero-order valence-electron chi connectivity index (χ0n) is 10.7. The van der Waals surface area contributed by atoms with E-state index in [0.29, 0.717) is 6.54 Å². The van der Waals surface area contributed by atoms with Crippen LogP contribution in [0.3, 0.4) is 0 Å². The topological polar surface area (TPSA) is 29.3 Å². The Kier molecular flexibility index (Phi) is 3.64. The molecule has 0 spiro atoms. The molecule has 0 amide bonds. The van der Waals surface area contributed by atoms with Crippen LogP contribution in [0.4, 0.5) is 0 Å². The number of nitrogens with zero attached hydrogens (tertiary/aromatic N) is 1. The van der Waals surface area contributed by atoms with Crippen LogP contribution < -0.4 is 5.73 Å². The number of rotatable bonds is 3. The van der Waals surface area contributed by atoms with Gasteiger partial charge in [-0.15, -0.1) is 11.3 Å². The maximum absolute atomic E-state index is 5.69. The van der Waals surface area contributed by atoms with Crippen molar-refractivity contribution in [1.82, 2.24) is 4.90 Å². The number of nitrogens with two attached hydrogens (primary N) is 1. The second-order valence-corrected chi connectivity index (χ2v) is 6.29. The average Bonchev–Trinajstić information content (AvgIpc) is 2.80. The van der Waals surface area contributed by atoms with Crippen LogP contribution in [0.1, 0.15) is 29.7 Å². The molecule has 1 saturated heterocycles. The minimum atomic E-state index is 0.634. The predicted octanol–water partition coefficient (Wildman–Crippen LogP) is 3.35. The minimum Gasteiger partial charge on any atom is -0.326 e. The Morgan fingerprint density at radius 1 is 1.11 bits per heavy atom. The number of fused-ring (bicyclic) bond motifs is 1. The highest BCUT2D eigenvalue weighted by atomic mass is 32.1. The third kappa shape index (κ3) is 2.58. The Morgan fingerprint density at radius 2 is 1.94 bits per heavy atom. The fraction of sp³-hybridized carbons (Fsp3) is 0.467. The maximum atomic E-state index is 5.69. The molecular formula is C15H20N2S. The van der Waals surface area contributed by atoms with Crippen molar-refractivity contribution in [2.75, 3.05) is 13.1 Å². The molecule has 3 heteroatoms. The van der Waals surface area contributed by atoms with E-state index in [1.165, 1.54) is 52.9 Å². The van der Waals surface area contributed by atoms with E-state index in [9.17, 15) is 0 Å². The van der Waals surface area contributed by atoms with Crippen LogP contribution in [0.5, 0.6) is 0 Å². The van der Waals surface area contributed by atoms with Gasteiger partial charge in [-0.3, -0.25) is 4.90 Å². The summed E-state index contributed by atoms with van der Waals surface area (Å²) >= 11 is 1.92. The Hall–Kier alpha value is -0.900. The molecule has 0 saturated carbocycles. The van der Waals surface area contributed by atoms with Gasteiger partial charge in [0.15, 0.2) is 0 Å². The number of thiophene rings is 1. The lowest BCUT2D eigenvalue weighted by molar-refractivity contribution is 0.223. The second-order valence-electron chi connectivity index (χ2n) is 5.13. The molecule has 1 aromatic carbocycles. The molecule has 2 heterocycles. The fourth-order valence-electron chi connectivity index (χ4n) is 2.67. The van der Waals surface area contributed by atoms with E-state index in [4.69, 9.17) is 5.73 Å². The normalized spacial score (nSPS) is 17.4. The highest BCUT2D eigenvalue weighted by molar-refractivity contribution is 7.19. The number of piperidine rings is 1. The van der Waals surface area contributed by atoms with Crippen molar-refractivity contribution < 1.29 is 0 Å². The molecular weight excluding hydrogens is 240 g/mol. The van der Waals surface area contributed by atoms with E-state index in [-0.39, 0.29) is 0 Å². The van der Waals surface area contributed by atoms with Gasteiger partial charge in [0.1, 0.15) is 0 Å². The molecule has 0 aliphatic carbocycles. The number of benzene rings is 1. The zero-order chi connectivity index (χ0) is 12.4. The summed E-state index contributed by atoms with van der Waals surface area (Å²) in [6.45, 7) is 4.29. The monoisotopic (exact) mass is 260 g/mol. The quantitative estimate of drug-likeness (QED) is 0.917. The van der Waals surface area contributed by atoms with Gasteiger partial charge >= 0.3 is 0 Å².